The summed E-state index contributed by atoms with van der Waals surface area (Å²) in [5.74, 6) is 0.409. The average molecular weight is 472 g/mol. The molecule has 18 heteroatoms. The van der Waals surface area contributed by atoms with Crippen LogP contribution < -0.4 is 9.30 Å². The first-order valence-corrected chi connectivity index (χ1v) is 9.06. The summed E-state index contributed by atoms with van der Waals surface area (Å²) in [5, 5.41) is 0. The second-order valence-electron chi connectivity index (χ2n) is 4.45. The minimum atomic E-state index is -6.72. The predicted octanol–water partition coefficient (Wildman–Crippen LogP) is 2.60. The summed E-state index contributed by atoms with van der Waals surface area (Å²) in [6, 6.07) is 3.09. The van der Waals surface area contributed by atoms with Crippen LogP contribution in [0, 0.1) is 0 Å². The lowest BCUT2D eigenvalue weighted by Gasteiger charge is -2.22. The molecule has 0 unspecified atom stereocenters. The van der Waals surface area contributed by atoms with E-state index in [4.69, 9.17) is 4.74 Å². The molecule has 0 radical (unpaired) electrons. The number of pyridine rings is 1. The number of ether oxygens (including phenoxy) is 1. The third-order valence-electron chi connectivity index (χ3n) is 2.21. The van der Waals surface area contributed by atoms with Gasteiger partial charge in [0.2, 0.25) is 12.7 Å². The molecule has 1 heterocycles. The maximum atomic E-state index is 11.9. The summed E-state index contributed by atoms with van der Waals surface area (Å²) < 4.78 is 151. The topological polar surface area (TPSA) is 95.5 Å². The highest BCUT2D eigenvalue weighted by molar-refractivity contribution is 8.13. The maximum Gasteiger partial charge on any atom is 0.480 e. The highest BCUT2D eigenvalue weighted by Crippen LogP contribution is 2.36. The van der Waals surface area contributed by atoms with E-state index in [-0.39, 0.29) is 0 Å². The van der Waals surface area contributed by atoms with Gasteiger partial charge in [-0.15, -0.1) is 0 Å². The predicted molar refractivity (Wildman–Crippen MR) is 72.6 cm³/mol. The Morgan fingerprint density at radius 1 is 0.929 bits per heavy atom. The van der Waals surface area contributed by atoms with Crippen molar-refractivity contribution in [3.63, 3.8) is 0 Å². The number of methoxy groups -OCH3 is 1. The molecule has 0 aliphatic rings. The summed E-state index contributed by atoms with van der Waals surface area (Å²) in [6.07, 6.45) is -1.56. The van der Waals surface area contributed by atoms with Gasteiger partial charge in [0, 0.05) is 6.07 Å². The van der Waals surface area contributed by atoms with E-state index in [2.05, 4.69) is 0 Å². The van der Waals surface area contributed by atoms with Crippen molar-refractivity contribution in [2.75, 3.05) is 7.11 Å². The molecule has 28 heavy (non-hydrogen) atoms. The van der Waals surface area contributed by atoms with Crippen molar-refractivity contribution in [2.24, 2.45) is 0 Å². The van der Waals surface area contributed by atoms with E-state index < -0.39 is 43.8 Å². The van der Waals surface area contributed by atoms with E-state index in [1.54, 1.807) is 6.07 Å². The average Bonchev–Trinajstić information content (AvgIpc) is 2.42. The van der Waals surface area contributed by atoms with Crippen LogP contribution in [0.3, 0.4) is 0 Å². The summed E-state index contributed by atoms with van der Waals surface area (Å²) in [6.45, 7) is -0.996. The van der Waals surface area contributed by atoms with Gasteiger partial charge in [0.1, 0.15) is 0 Å². The van der Waals surface area contributed by atoms with E-state index >= 15 is 0 Å². The lowest BCUT2D eigenvalue weighted by atomic mass is 10.4. The van der Waals surface area contributed by atoms with Gasteiger partial charge in [0.15, 0.2) is 32.0 Å². The van der Waals surface area contributed by atoms with Crippen LogP contribution >= 0.6 is 0 Å². The van der Waals surface area contributed by atoms with Crippen LogP contribution in [0.5, 0.6) is 5.75 Å². The Balaban J connectivity index is 0.000000525. The monoisotopic (exact) mass is 472 g/mol. The molecular formula is C10H9F9N2O5S2. The molecule has 1 rings (SSSR count). The van der Waals surface area contributed by atoms with Crippen molar-refractivity contribution in [2.45, 2.75) is 23.7 Å². The summed E-state index contributed by atoms with van der Waals surface area (Å²) in [7, 11) is -12.0. The fraction of sp³-hybridized carbons (Fsp3) is 0.500. The van der Waals surface area contributed by atoms with Crippen molar-refractivity contribution in [3.05, 3.63) is 28.7 Å². The molecule has 0 atom stereocenters. The normalized spacial score (nSPS) is 13.5. The number of alkyl halides is 9. The Morgan fingerprint density at radius 2 is 1.36 bits per heavy atom. The molecule has 0 saturated carbocycles. The maximum absolute atomic E-state index is 11.9. The van der Waals surface area contributed by atoms with Gasteiger partial charge in [0.25, 0.3) is 0 Å². The second kappa shape index (κ2) is 8.68. The molecule has 164 valence electrons. The van der Waals surface area contributed by atoms with Gasteiger partial charge < -0.3 is 8.86 Å². The zero-order valence-electron chi connectivity index (χ0n) is 13.2. The number of nitrogens with zero attached hydrogens (tertiary/aromatic N) is 2. The molecule has 0 bridgehead atoms. The summed E-state index contributed by atoms with van der Waals surface area (Å²) in [5.41, 5.74) is -12.4. The molecular weight excluding hydrogens is 463 g/mol. The van der Waals surface area contributed by atoms with Crippen molar-refractivity contribution >= 4 is 20.0 Å². The number of hydrogen-bond donors (Lipinski definition) is 0. The molecule has 0 fully saturated rings. The van der Waals surface area contributed by atoms with Crippen molar-refractivity contribution < 1.29 is 65.7 Å². The Labute approximate surface area is 151 Å². The molecule has 0 saturated heterocycles. The Kier molecular flexibility index (Phi) is 8.12. The summed E-state index contributed by atoms with van der Waals surface area (Å²) >= 11 is 0. The third kappa shape index (κ3) is 8.46. The van der Waals surface area contributed by atoms with Gasteiger partial charge in [0.05, 0.1) is 7.11 Å². The molecule has 0 aliphatic heterocycles. The van der Waals surface area contributed by atoms with Crippen molar-refractivity contribution in [1.29, 1.82) is 0 Å². The van der Waals surface area contributed by atoms with Crippen LogP contribution in [0.25, 0.3) is 4.13 Å². The van der Waals surface area contributed by atoms with Crippen LogP contribution in [-0.4, -0.2) is 41.1 Å². The SMILES string of the molecule is COc1ccc[n+](CC(F)(F)F)c1.O=S(=O)([N-]S(=O)(=O)C(F)(F)F)C(F)(F)F. The number of rotatable bonds is 4. The Morgan fingerprint density at radius 3 is 1.68 bits per heavy atom. The van der Waals surface area contributed by atoms with Crippen molar-refractivity contribution in [1.82, 2.24) is 0 Å². The van der Waals surface area contributed by atoms with Gasteiger partial charge >= 0.3 is 17.2 Å². The third-order valence-corrected chi connectivity index (χ3v) is 4.95. The highest BCUT2D eigenvalue weighted by atomic mass is 32.3. The first-order chi connectivity index (χ1) is 12.2. The summed E-state index contributed by atoms with van der Waals surface area (Å²) in [4.78, 5) is 0. The van der Waals surface area contributed by atoms with Gasteiger partial charge in [-0.25, -0.2) is 16.8 Å². The largest absolute Gasteiger partial charge is 0.491 e. The van der Waals surface area contributed by atoms with E-state index in [1.165, 1.54) is 25.6 Å². The van der Waals surface area contributed by atoms with Gasteiger partial charge in [-0.2, -0.15) is 44.1 Å². The van der Waals surface area contributed by atoms with E-state index in [9.17, 15) is 56.3 Å². The van der Waals surface area contributed by atoms with Gasteiger partial charge in [-0.3, -0.25) is 0 Å². The molecule has 0 spiro atoms. The molecule has 1 aromatic rings. The number of halogens is 9. The minimum Gasteiger partial charge on any atom is -0.491 e. The smallest absolute Gasteiger partial charge is 0.480 e. The van der Waals surface area contributed by atoms with Crippen LogP contribution in [0.2, 0.25) is 0 Å². The first-order valence-electron chi connectivity index (χ1n) is 6.18. The first kappa shape index (κ1) is 26.2. The Bertz CT molecular complexity index is 818. The molecule has 0 aliphatic carbocycles. The molecule has 0 aromatic carbocycles. The quantitative estimate of drug-likeness (QED) is 0.496. The second-order valence-corrected chi connectivity index (χ2v) is 7.87. The highest BCUT2D eigenvalue weighted by Gasteiger charge is 2.46. The molecule has 7 nitrogen and oxygen atoms in total. The van der Waals surface area contributed by atoms with Gasteiger partial charge in [-0.05, 0) is 6.07 Å². The fourth-order valence-corrected chi connectivity index (χ4v) is 2.85. The number of sulfonamides is 2. The van der Waals surface area contributed by atoms with E-state index in [0.29, 0.717) is 5.75 Å². The lowest BCUT2D eigenvalue weighted by molar-refractivity contribution is -0.719. The minimum absolute atomic E-state index is 0.409. The number of hydrogen-bond acceptors (Lipinski definition) is 5. The standard InChI is InChI=1S/C8H9F3NO.C2F6NO4S2/c1-13-7-3-2-4-12(5-7)6-8(9,10)11;3-1(4,5)14(10,11)9-15(12,13)2(6,7)8/h2-5H,6H2,1H3;/q+1;-1. The van der Waals surface area contributed by atoms with Gasteiger partial charge in [-0.1, -0.05) is 0 Å². The Hall–Kier alpha value is -1.82. The van der Waals surface area contributed by atoms with Crippen LogP contribution in [0.1, 0.15) is 0 Å². The fourth-order valence-electron chi connectivity index (χ4n) is 1.14. The molecule has 0 N–H and O–H groups in total. The number of aromatic nitrogens is 1. The van der Waals surface area contributed by atoms with E-state index in [1.807, 2.05) is 0 Å². The van der Waals surface area contributed by atoms with Crippen LogP contribution in [0.4, 0.5) is 39.5 Å². The van der Waals surface area contributed by atoms with Crippen LogP contribution in [0.15, 0.2) is 24.5 Å². The van der Waals surface area contributed by atoms with Crippen molar-refractivity contribution in [3.8, 4) is 5.75 Å². The molecule has 1 aromatic heterocycles. The van der Waals surface area contributed by atoms with E-state index in [0.717, 1.165) is 8.69 Å². The zero-order valence-corrected chi connectivity index (χ0v) is 14.8. The van der Waals surface area contributed by atoms with Crippen LogP contribution in [-0.2, 0) is 26.6 Å². The lowest BCUT2D eigenvalue weighted by Crippen LogP contribution is -2.40. The molecule has 0 amide bonds. The zero-order chi connectivity index (χ0) is 22.6.